The zero-order valence-electron chi connectivity index (χ0n) is 19.3. The minimum atomic E-state index is -0.240. The SMILES string of the molecule is O=C(Nc1ccc(N2CCN(Cc3ccccc3)CC2)cc1)C1CC(=O)N(C2CCCC2)C1. The van der Waals surface area contributed by atoms with Crippen molar-refractivity contribution in [2.24, 2.45) is 5.92 Å². The standard InChI is InChI=1S/C27H34N4O2/c32-26-18-22(20-31(26)25-8-4-5-9-25)27(33)28-23-10-12-24(13-11-23)30-16-14-29(15-17-30)19-21-6-2-1-3-7-21/h1-3,6-7,10-13,22,25H,4-5,8-9,14-20H2,(H,28,33). The van der Waals surface area contributed by atoms with Gasteiger partial charge in [0.2, 0.25) is 11.8 Å². The van der Waals surface area contributed by atoms with E-state index in [9.17, 15) is 9.59 Å². The first kappa shape index (κ1) is 22.0. The monoisotopic (exact) mass is 446 g/mol. The fraction of sp³-hybridized carbons (Fsp3) is 0.481. The maximum Gasteiger partial charge on any atom is 0.229 e. The molecule has 0 spiro atoms. The van der Waals surface area contributed by atoms with Crippen LogP contribution in [0.2, 0.25) is 0 Å². The second-order valence-corrected chi connectivity index (χ2v) is 9.67. The summed E-state index contributed by atoms with van der Waals surface area (Å²) in [6.45, 7) is 5.66. The number of carbonyl (C=O) groups excluding carboxylic acids is 2. The Bertz CT molecular complexity index is 948. The molecule has 0 radical (unpaired) electrons. The summed E-state index contributed by atoms with van der Waals surface area (Å²) in [5.41, 5.74) is 3.36. The van der Waals surface area contributed by atoms with E-state index in [1.54, 1.807) is 0 Å². The van der Waals surface area contributed by atoms with Crippen LogP contribution in [0.25, 0.3) is 0 Å². The zero-order chi connectivity index (χ0) is 22.6. The fourth-order valence-electron chi connectivity index (χ4n) is 5.48. The van der Waals surface area contributed by atoms with Crippen molar-refractivity contribution < 1.29 is 9.59 Å². The minimum absolute atomic E-state index is 0.0360. The smallest absolute Gasteiger partial charge is 0.229 e. The van der Waals surface area contributed by atoms with Gasteiger partial charge in [0.25, 0.3) is 0 Å². The van der Waals surface area contributed by atoms with Crippen molar-refractivity contribution in [3.8, 4) is 0 Å². The summed E-state index contributed by atoms with van der Waals surface area (Å²) in [5.74, 6) is -0.134. The number of amides is 2. The molecule has 3 aliphatic rings. The summed E-state index contributed by atoms with van der Waals surface area (Å²) in [7, 11) is 0. The van der Waals surface area contributed by atoms with Crippen LogP contribution in [0.3, 0.4) is 0 Å². The van der Waals surface area contributed by atoms with Gasteiger partial charge in [-0.15, -0.1) is 0 Å². The van der Waals surface area contributed by atoms with Crippen molar-refractivity contribution in [2.45, 2.75) is 44.7 Å². The molecule has 2 aromatic rings. The van der Waals surface area contributed by atoms with E-state index in [4.69, 9.17) is 0 Å². The number of hydrogen-bond acceptors (Lipinski definition) is 4. The van der Waals surface area contributed by atoms with Crippen LogP contribution >= 0.6 is 0 Å². The lowest BCUT2D eigenvalue weighted by molar-refractivity contribution is -0.129. The molecule has 0 bridgehead atoms. The first-order valence-electron chi connectivity index (χ1n) is 12.4. The summed E-state index contributed by atoms with van der Waals surface area (Å²) in [4.78, 5) is 32.1. The Balaban J connectivity index is 1.11. The van der Waals surface area contributed by atoms with Crippen LogP contribution in [0, 0.1) is 5.92 Å². The van der Waals surface area contributed by atoms with Gasteiger partial charge in [-0.2, -0.15) is 0 Å². The topological polar surface area (TPSA) is 55.9 Å². The largest absolute Gasteiger partial charge is 0.369 e. The highest BCUT2D eigenvalue weighted by Gasteiger charge is 2.38. The Kier molecular flexibility index (Phi) is 6.63. The molecule has 1 N–H and O–H groups in total. The maximum atomic E-state index is 12.8. The van der Waals surface area contributed by atoms with Gasteiger partial charge in [-0.25, -0.2) is 0 Å². The molecule has 5 rings (SSSR count). The van der Waals surface area contributed by atoms with Crippen molar-refractivity contribution in [1.29, 1.82) is 0 Å². The third-order valence-corrected chi connectivity index (χ3v) is 7.42. The quantitative estimate of drug-likeness (QED) is 0.735. The van der Waals surface area contributed by atoms with Crippen LogP contribution in [-0.2, 0) is 16.1 Å². The Morgan fingerprint density at radius 3 is 2.30 bits per heavy atom. The van der Waals surface area contributed by atoms with E-state index >= 15 is 0 Å². The molecule has 2 aliphatic heterocycles. The van der Waals surface area contributed by atoms with Crippen LogP contribution in [-0.4, -0.2) is 60.4 Å². The highest BCUT2D eigenvalue weighted by Crippen LogP contribution is 2.30. The second-order valence-electron chi connectivity index (χ2n) is 9.67. The van der Waals surface area contributed by atoms with Crippen LogP contribution in [0.15, 0.2) is 54.6 Å². The first-order chi connectivity index (χ1) is 16.2. The number of hydrogen-bond donors (Lipinski definition) is 1. The van der Waals surface area contributed by atoms with Gasteiger partial charge >= 0.3 is 0 Å². The van der Waals surface area contributed by atoms with Gasteiger partial charge in [0.05, 0.1) is 5.92 Å². The summed E-state index contributed by atoms with van der Waals surface area (Å²) >= 11 is 0. The summed E-state index contributed by atoms with van der Waals surface area (Å²) in [6, 6.07) is 19.1. The van der Waals surface area contributed by atoms with E-state index in [2.05, 4.69) is 57.6 Å². The second kappa shape index (κ2) is 9.96. The van der Waals surface area contributed by atoms with E-state index in [-0.39, 0.29) is 17.7 Å². The van der Waals surface area contributed by atoms with Crippen molar-refractivity contribution in [3.05, 3.63) is 60.2 Å². The molecule has 174 valence electrons. The van der Waals surface area contributed by atoms with Crippen molar-refractivity contribution in [1.82, 2.24) is 9.80 Å². The van der Waals surface area contributed by atoms with E-state index in [1.165, 1.54) is 24.1 Å². The highest BCUT2D eigenvalue weighted by molar-refractivity contribution is 5.97. The molecular weight excluding hydrogens is 412 g/mol. The molecule has 3 fully saturated rings. The molecule has 1 unspecified atom stereocenters. The number of rotatable bonds is 6. The predicted molar refractivity (Wildman–Crippen MR) is 131 cm³/mol. The molecule has 2 heterocycles. The normalized spacial score (nSPS) is 22.2. The number of likely N-dealkylation sites (tertiary alicyclic amines) is 1. The molecule has 1 atom stereocenters. The molecule has 2 saturated heterocycles. The summed E-state index contributed by atoms with van der Waals surface area (Å²) < 4.78 is 0. The van der Waals surface area contributed by atoms with Crippen LogP contribution in [0.4, 0.5) is 11.4 Å². The van der Waals surface area contributed by atoms with Crippen molar-refractivity contribution in [3.63, 3.8) is 0 Å². The summed E-state index contributed by atoms with van der Waals surface area (Å²) in [5, 5.41) is 3.04. The Labute approximate surface area is 196 Å². The Morgan fingerprint density at radius 2 is 1.61 bits per heavy atom. The number of nitrogens with zero attached hydrogens (tertiary/aromatic N) is 3. The lowest BCUT2D eigenvalue weighted by atomic mass is 10.1. The molecular formula is C27H34N4O2. The van der Waals surface area contributed by atoms with Crippen LogP contribution in [0.5, 0.6) is 0 Å². The molecule has 1 aliphatic carbocycles. The molecule has 2 amide bonds. The van der Waals surface area contributed by atoms with Gasteiger partial charge in [-0.05, 0) is 42.7 Å². The third-order valence-electron chi connectivity index (χ3n) is 7.42. The average molecular weight is 447 g/mol. The van der Waals surface area contributed by atoms with Crippen LogP contribution in [0.1, 0.15) is 37.7 Å². The number of benzene rings is 2. The molecule has 0 aromatic heterocycles. The highest BCUT2D eigenvalue weighted by atomic mass is 16.2. The van der Waals surface area contributed by atoms with Gasteiger partial charge in [0, 0.05) is 63.1 Å². The fourth-order valence-corrected chi connectivity index (χ4v) is 5.48. The first-order valence-corrected chi connectivity index (χ1v) is 12.4. The molecule has 2 aromatic carbocycles. The van der Waals surface area contributed by atoms with Gasteiger partial charge in [-0.3, -0.25) is 14.5 Å². The van der Waals surface area contributed by atoms with Crippen LogP contribution < -0.4 is 10.2 Å². The number of anilines is 2. The number of nitrogens with one attached hydrogen (secondary N) is 1. The van der Waals surface area contributed by atoms with Gasteiger partial charge in [0.15, 0.2) is 0 Å². The Hall–Kier alpha value is -2.86. The van der Waals surface area contributed by atoms with Gasteiger partial charge < -0.3 is 15.1 Å². The molecule has 6 heteroatoms. The number of carbonyl (C=O) groups is 2. The lowest BCUT2D eigenvalue weighted by Gasteiger charge is -2.36. The van der Waals surface area contributed by atoms with E-state index in [0.29, 0.717) is 19.0 Å². The maximum absolute atomic E-state index is 12.8. The third kappa shape index (κ3) is 5.22. The van der Waals surface area contributed by atoms with E-state index < -0.39 is 0 Å². The molecule has 33 heavy (non-hydrogen) atoms. The molecule has 6 nitrogen and oxygen atoms in total. The molecule has 1 saturated carbocycles. The Morgan fingerprint density at radius 1 is 0.909 bits per heavy atom. The van der Waals surface area contributed by atoms with Gasteiger partial charge in [0.1, 0.15) is 0 Å². The summed E-state index contributed by atoms with van der Waals surface area (Å²) in [6.07, 6.45) is 4.90. The van der Waals surface area contributed by atoms with Gasteiger partial charge in [-0.1, -0.05) is 43.2 Å². The zero-order valence-corrected chi connectivity index (χ0v) is 19.3. The number of piperazine rings is 1. The lowest BCUT2D eigenvalue weighted by Crippen LogP contribution is -2.45. The minimum Gasteiger partial charge on any atom is -0.369 e. The van der Waals surface area contributed by atoms with E-state index in [1.807, 2.05) is 17.0 Å². The average Bonchev–Trinajstić information content (AvgIpc) is 3.51. The van der Waals surface area contributed by atoms with Crippen molar-refractivity contribution >= 4 is 23.2 Å². The predicted octanol–water partition coefficient (Wildman–Crippen LogP) is 3.74. The van der Waals surface area contributed by atoms with E-state index in [0.717, 1.165) is 51.3 Å². The van der Waals surface area contributed by atoms with Crippen molar-refractivity contribution in [2.75, 3.05) is 42.9 Å².